The van der Waals surface area contributed by atoms with Gasteiger partial charge in [0.05, 0.1) is 6.10 Å². The van der Waals surface area contributed by atoms with E-state index in [0.29, 0.717) is 11.8 Å². The molecule has 2 unspecified atom stereocenters. The van der Waals surface area contributed by atoms with Crippen LogP contribution in [0.1, 0.15) is 38.7 Å². The zero-order valence-electron chi connectivity index (χ0n) is 11.7. The van der Waals surface area contributed by atoms with Crippen LogP contribution in [0.3, 0.4) is 0 Å². The fourth-order valence-electron chi connectivity index (χ4n) is 2.95. The smallest absolute Gasteiger partial charge is 0.191 e. The quantitative estimate of drug-likeness (QED) is 0.862. The highest BCUT2D eigenvalue weighted by molar-refractivity contribution is 7.80. The molecule has 20 heavy (non-hydrogen) atoms. The van der Waals surface area contributed by atoms with Crippen LogP contribution in [0.5, 0.6) is 5.75 Å². The van der Waals surface area contributed by atoms with Gasteiger partial charge in [-0.3, -0.25) is 0 Å². The third kappa shape index (κ3) is 3.45. The van der Waals surface area contributed by atoms with E-state index >= 15 is 0 Å². The third-order valence-electron chi connectivity index (χ3n) is 3.70. The molecule has 110 valence electrons. The highest BCUT2D eigenvalue weighted by atomic mass is 32.1. The van der Waals surface area contributed by atoms with Gasteiger partial charge in [0.2, 0.25) is 0 Å². The maximum Gasteiger partial charge on any atom is 0.191 e. The van der Waals surface area contributed by atoms with Gasteiger partial charge in [0.15, 0.2) is 17.4 Å². The van der Waals surface area contributed by atoms with Crippen molar-refractivity contribution in [3.8, 4) is 5.75 Å². The number of nitrogens with two attached hydrogens (primary N) is 1. The molecule has 1 aromatic rings. The van der Waals surface area contributed by atoms with Gasteiger partial charge in [-0.25, -0.2) is 8.78 Å². The minimum atomic E-state index is -0.751. The molecule has 2 rings (SSSR count). The molecule has 1 fully saturated rings. The lowest BCUT2D eigenvalue weighted by Gasteiger charge is -2.31. The van der Waals surface area contributed by atoms with Crippen LogP contribution in [0.25, 0.3) is 0 Å². The molecule has 0 spiro atoms. The maximum absolute atomic E-state index is 13.9. The Morgan fingerprint density at radius 1 is 1.15 bits per heavy atom. The monoisotopic (exact) mass is 299 g/mol. The minimum absolute atomic E-state index is 0.0331. The van der Waals surface area contributed by atoms with E-state index in [1.54, 1.807) is 0 Å². The Hall–Kier alpha value is -1.23. The summed E-state index contributed by atoms with van der Waals surface area (Å²) in [6.45, 7) is 4.27. The fraction of sp³-hybridized carbons (Fsp3) is 0.533. The first-order valence-corrected chi connectivity index (χ1v) is 7.23. The van der Waals surface area contributed by atoms with Gasteiger partial charge in [0.25, 0.3) is 0 Å². The average Bonchev–Trinajstić information content (AvgIpc) is 2.32. The molecule has 0 bridgehead atoms. The van der Waals surface area contributed by atoms with E-state index in [0.717, 1.165) is 31.4 Å². The summed E-state index contributed by atoms with van der Waals surface area (Å²) < 4.78 is 33.4. The van der Waals surface area contributed by atoms with Gasteiger partial charge in [-0.05, 0) is 43.2 Å². The number of ether oxygens (including phenoxy) is 1. The molecular formula is C15H19F2NOS. The summed E-state index contributed by atoms with van der Waals surface area (Å²) in [6.07, 6.45) is 2.62. The molecule has 1 aliphatic rings. The van der Waals surface area contributed by atoms with Crippen molar-refractivity contribution in [3.63, 3.8) is 0 Å². The highest BCUT2D eigenvalue weighted by Gasteiger charge is 2.27. The molecule has 1 aromatic carbocycles. The van der Waals surface area contributed by atoms with Crippen LogP contribution >= 0.6 is 12.2 Å². The molecular weight excluding hydrogens is 280 g/mol. The summed E-state index contributed by atoms with van der Waals surface area (Å²) >= 11 is 4.72. The summed E-state index contributed by atoms with van der Waals surface area (Å²) in [5.74, 6) is -0.815. The molecule has 2 nitrogen and oxygen atoms in total. The second-order valence-electron chi connectivity index (χ2n) is 5.79. The Bertz CT molecular complexity index is 488. The zero-order chi connectivity index (χ0) is 14.9. The van der Waals surface area contributed by atoms with Gasteiger partial charge in [0, 0.05) is 5.56 Å². The van der Waals surface area contributed by atoms with Crippen LogP contribution in [-0.2, 0) is 0 Å². The van der Waals surface area contributed by atoms with Gasteiger partial charge in [-0.2, -0.15) is 0 Å². The lowest BCUT2D eigenvalue weighted by atomic mass is 9.82. The van der Waals surface area contributed by atoms with Gasteiger partial charge >= 0.3 is 0 Å². The van der Waals surface area contributed by atoms with Crippen LogP contribution < -0.4 is 10.5 Å². The van der Waals surface area contributed by atoms with E-state index < -0.39 is 11.6 Å². The van der Waals surface area contributed by atoms with Crippen LogP contribution in [0.2, 0.25) is 0 Å². The predicted molar refractivity (Wildman–Crippen MR) is 78.8 cm³/mol. The maximum atomic E-state index is 13.9. The number of hydrogen-bond acceptors (Lipinski definition) is 2. The molecule has 1 aliphatic carbocycles. The summed E-state index contributed by atoms with van der Waals surface area (Å²) in [4.78, 5) is -0.0331. The third-order valence-corrected chi connectivity index (χ3v) is 3.94. The number of hydrogen-bond donors (Lipinski definition) is 1. The Labute approximate surface area is 123 Å². The largest absolute Gasteiger partial charge is 0.484 e. The molecule has 0 aromatic heterocycles. The second-order valence-corrected chi connectivity index (χ2v) is 6.23. The average molecular weight is 299 g/mol. The van der Waals surface area contributed by atoms with Crippen molar-refractivity contribution >= 4 is 17.2 Å². The Kier molecular flexibility index (Phi) is 4.58. The summed E-state index contributed by atoms with van der Waals surface area (Å²) in [6, 6.07) is 2.24. The number of thiocarbonyl (C=S) groups is 1. The van der Waals surface area contributed by atoms with Crippen molar-refractivity contribution in [2.75, 3.05) is 0 Å². The summed E-state index contributed by atoms with van der Waals surface area (Å²) in [5, 5.41) is 0. The lowest BCUT2D eigenvalue weighted by Crippen LogP contribution is -2.29. The van der Waals surface area contributed by atoms with Gasteiger partial charge in [-0.15, -0.1) is 0 Å². The standard InChI is InChI=1S/C15H19F2NOS/c1-8-3-9(2)5-11(4-8)19-14-12(16)6-10(15(18)20)7-13(14)17/h6-9,11H,3-5H2,1-2H3,(H2,18,20). The topological polar surface area (TPSA) is 35.2 Å². The fourth-order valence-corrected chi connectivity index (χ4v) is 3.07. The Balaban J connectivity index is 2.19. The first-order chi connectivity index (χ1) is 9.36. The van der Waals surface area contributed by atoms with E-state index in [-0.39, 0.29) is 22.4 Å². The molecule has 0 radical (unpaired) electrons. The van der Waals surface area contributed by atoms with E-state index in [4.69, 9.17) is 22.7 Å². The molecule has 0 aliphatic heterocycles. The molecule has 5 heteroatoms. The van der Waals surface area contributed by atoms with Crippen molar-refractivity contribution in [1.82, 2.24) is 0 Å². The second kappa shape index (κ2) is 6.04. The normalized spacial score (nSPS) is 26.3. The van der Waals surface area contributed by atoms with Gasteiger partial charge in [-0.1, -0.05) is 26.1 Å². The van der Waals surface area contributed by atoms with Crippen LogP contribution in [0.4, 0.5) is 8.78 Å². The van der Waals surface area contributed by atoms with Crippen molar-refractivity contribution in [3.05, 3.63) is 29.3 Å². The van der Waals surface area contributed by atoms with Crippen LogP contribution in [0.15, 0.2) is 12.1 Å². The van der Waals surface area contributed by atoms with Gasteiger partial charge in [0.1, 0.15) is 4.99 Å². The first-order valence-electron chi connectivity index (χ1n) is 6.82. The number of benzene rings is 1. The molecule has 0 saturated heterocycles. The minimum Gasteiger partial charge on any atom is -0.484 e. The predicted octanol–water partition coefficient (Wildman–Crippen LogP) is 3.80. The number of rotatable bonds is 3. The molecule has 1 saturated carbocycles. The van der Waals surface area contributed by atoms with E-state index in [9.17, 15) is 8.78 Å². The SMILES string of the molecule is CC1CC(C)CC(Oc2c(F)cc(C(N)=S)cc2F)C1. The van der Waals surface area contributed by atoms with E-state index in [2.05, 4.69) is 13.8 Å². The van der Waals surface area contributed by atoms with Crippen LogP contribution in [-0.4, -0.2) is 11.1 Å². The summed E-state index contributed by atoms with van der Waals surface area (Å²) in [5.41, 5.74) is 5.55. The van der Waals surface area contributed by atoms with Crippen molar-refractivity contribution in [2.24, 2.45) is 17.6 Å². The summed E-state index contributed by atoms with van der Waals surface area (Å²) in [7, 11) is 0. The van der Waals surface area contributed by atoms with Crippen molar-refractivity contribution in [2.45, 2.75) is 39.2 Å². The Morgan fingerprint density at radius 3 is 2.10 bits per heavy atom. The lowest BCUT2D eigenvalue weighted by molar-refractivity contribution is 0.0927. The van der Waals surface area contributed by atoms with Crippen LogP contribution in [0, 0.1) is 23.5 Å². The molecule has 2 N–H and O–H groups in total. The van der Waals surface area contributed by atoms with E-state index in [1.807, 2.05) is 0 Å². The van der Waals surface area contributed by atoms with Gasteiger partial charge < -0.3 is 10.5 Å². The van der Waals surface area contributed by atoms with Crippen molar-refractivity contribution < 1.29 is 13.5 Å². The van der Waals surface area contributed by atoms with Crippen molar-refractivity contribution in [1.29, 1.82) is 0 Å². The zero-order valence-corrected chi connectivity index (χ0v) is 12.5. The number of halogens is 2. The molecule has 0 amide bonds. The molecule has 2 atom stereocenters. The highest BCUT2D eigenvalue weighted by Crippen LogP contribution is 2.33. The molecule has 0 heterocycles. The Morgan fingerprint density at radius 2 is 1.65 bits per heavy atom. The van der Waals surface area contributed by atoms with E-state index in [1.165, 1.54) is 0 Å². The first kappa shape index (κ1) is 15.2.